The Labute approximate surface area is 98.8 Å². The molecule has 0 spiro atoms. The van der Waals surface area contributed by atoms with Crippen LogP contribution in [0.3, 0.4) is 0 Å². The van der Waals surface area contributed by atoms with Crippen LogP contribution in [0.4, 0.5) is 11.9 Å². The van der Waals surface area contributed by atoms with Gasteiger partial charge in [0.05, 0.1) is 12.1 Å². The highest BCUT2D eigenvalue weighted by molar-refractivity contribution is 6.28. The molecular formula is C9H14ClN5O. The van der Waals surface area contributed by atoms with Gasteiger partial charge in [-0.15, -0.1) is 0 Å². The zero-order valence-electron chi connectivity index (χ0n) is 9.20. The van der Waals surface area contributed by atoms with E-state index in [1.807, 2.05) is 6.92 Å². The molecular weight excluding hydrogens is 230 g/mol. The summed E-state index contributed by atoms with van der Waals surface area (Å²) in [6.07, 6.45) is 1.10. The van der Waals surface area contributed by atoms with Crippen molar-refractivity contribution in [2.75, 3.05) is 24.3 Å². The van der Waals surface area contributed by atoms with Gasteiger partial charge in [-0.1, -0.05) is 0 Å². The van der Waals surface area contributed by atoms with E-state index >= 15 is 0 Å². The van der Waals surface area contributed by atoms with E-state index in [4.69, 9.17) is 16.3 Å². The molecule has 0 amide bonds. The molecule has 2 atom stereocenters. The fraction of sp³-hybridized carbons (Fsp3) is 0.667. The van der Waals surface area contributed by atoms with E-state index in [2.05, 4.69) is 25.6 Å². The molecule has 7 heteroatoms. The molecule has 1 aliphatic rings. The zero-order valence-corrected chi connectivity index (χ0v) is 9.95. The van der Waals surface area contributed by atoms with Gasteiger partial charge in [0.15, 0.2) is 0 Å². The van der Waals surface area contributed by atoms with Gasteiger partial charge >= 0.3 is 0 Å². The van der Waals surface area contributed by atoms with E-state index in [1.165, 1.54) is 0 Å². The van der Waals surface area contributed by atoms with E-state index in [0.29, 0.717) is 11.9 Å². The van der Waals surface area contributed by atoms with Crippen molar-refractivity contribution >= 4 is 23.5 Å². The van der Waals surface area contributed by atoms with E-state index in [-0.39, 0.29) is 17.4 Å². The third-order valence-corrected chi connectivity index (χ3v) is 2.69. The first kappa shape index (κ1) is 11.3. The average Bonchev–Trinajstić information content (AvgIpc) is 2.63. The van der Waals surface area contributed by atoms with Gasteiger partial charge in [0.2, 0.25) is 17.2 Å². The monoisotopic (exact) mass is 243 g/mol. The largest absolute Gasteiger partial charge is 0.376 e. The molecule has 1 aliphatic heterocycles. The summed E-state index contributed by atoms with van der Waals surface area (Å²) in [5, 5.41) is 6.20. The molecule has 2 rings (SSSR count). The molecule has 0 aromatic carbocycles. The Morgan fingerprint density at radius 2 is 2.06 bits per heavy atom. The summed E-state index contributed by atoms with van der Waals surface area (Å²) < 4.78 is 5.44. The number of rotatable bonds is 3. The van der Waals surface area contributed by atoms with Crippen molar-refractivity contribution in [3.05, 3.63) is 5.28 Å². The number of aromatic nitrogens is 3. The maximum Gasteiger partial charge on any atom is 0.229 e. The Bertz CT molecular complexity index is 375. The summed E-state index contributed by atoms with van der Waals surface area (Å²) >= 11 is 5.78. The molecule has 0 aliphatic carbocycles. The number of hydrogen-bond donors (Lipinski definition) is 2. The van der Waals surface area contributed by atoms with Gasteiger partial charge in [-0.05, 0) is 24.9 Å². The summed E-state index contributed by atoms with van der Waals surface area (Å²) in [6, 6.07) is 0.225. The lowest BCUT2D eigenvalue weighted by Gasteiger charge is -2.15. The standard InChI is InChI=1S/C9H14ClN5O/c1-5-6(3-4-16-5)12-9-14-7(10)13-8(11-2)15-9/h5-6H,3-4H2,1-2H3,(H2,11,12,13,14,15). The third-order valence-electron chi connectivity index (χ3n) is 2.52. The lowest BCUT2D eigenvalue weighted by atomic mass is 10.2. The van der Waals surface area contributed by atoms with E-state index < -0.39 is 0 Å². The highest BCUT2D eigenvalue weighted by atomic mass is 35.5. The van der Waals surface area contributed by atoms with Crippen LogP contribution in [0.15, 0.2) is 0 Å². The Kier molecular flexibility index (Phi) is 3.40. The summed E-state index contributed by atoms with van der Waals surface area (Å²) in [5.74, 6) is 0.931. The van der Waals surface area contributed by atoms with Crippen molar-refractivity contribution in [1.29, 1.82) is 0 Å². The molecule has 16 heavy (non-hydrogen) atoms. The average molecular weight is 244 g/mol. The number of anilines is 2. The quantitative estimate of drug-likeness (QED) is 0.830. The molecule has 1 saturated heterocycles. The van der Waals surface area contributed by atoms with Crippen LogP contribution in [-0.4, -0.2) is 40.8 Å². The van der Waals surface area contributed by atoms with Crippen LogP contribution in [0, 0.1) is 0 Å². The number of hydrogen-bond acceptors (Lipinski definition) is 6. The Morgan fingerprint density at radius 3 is 2.69 bits per heavy atom. The van der Waals surface area contributed by atoms with Gasteiger partial charge in [-0.3, -0.25) is 0 Å². The van der Waals surface area contributed by atoms with Crippen LogP contribution in [0.25, 0.3) is 0 Å². The van der Waals surface area contributed by atoms with Crippen LogP contribution in [-0.2, 0) is 4.74 Å². The number of nitrogens with one attached hydrogen (secondary N) is 2. The van der Waals surface area contributed by atoms with Gasteiger partial charge in [0, 0.05) is 13.7 Å². The molecule has 2 heterocycles. The van der Waals surface area contributed by atoms with Crippen LogP contribution in [0.1, 0.15) is 13.3 Å². The lowest BCUT2D eigenvalue weighted by molar-refractivity contribution is 0.121. The fourth-order valence-corrected chi connectivity index (χ4v) is 1.77. The minimum Gasteiger partial charge on any atom is -0.376 e. The summed E-state index contributed by atoms with van der Waals surface area (Å²) in [7, 11) is 1.73. The second-order valence-electron chi connectivity index (χ2n) is 3.62. The smallest absolute Gasteiger partial charge is 0.229 e. The van der Waals surface area contributed by atoms with Gasteiger partial charge < -0.3 is 15.4 Å². The lowest BCUT2D eigenvalue weighted by Crippen LogP contribution is -2.27. The van der Waals surface area contributed by atoms with Crippen molar-refractivity contribution in [3.8, 4) is 0 Å². The predicted molar refractivity (Wildman–Crippen MR) is 61.8 cm³/mol. The van der Waals surface area contributed by atoms with Crippen LogP contribution >= 0.6 is 11.6 Å². The summed E-state index contributed by atoms with van der Waals surface area (Å²) in [5.41, 5.74) is 0. The molecule has 1 aromatic rings. The van der Waals surface area contributed by atoms with Crippen LogP contribution < -0.4 is 10.6 Å². The van der Waals surface area contributed by atoms with E-state index in [9.17, 15) is 0 Å². The molecule has 0 radical (unpaired) electrons. The second-order valence-corrected chi connectivity index (χ2v) is 3.96. The number of ether oxygens (including phenoxy) is 1. The first-order valence-corrected chi connectivity index (χ1v) is 5.54. The molecule has 2 unspecified atom stereocenters. The molecule has 1 aromatic heterocycles. The van der Waals surface area contributed by atoms with Gasteiger partial charge in [-0.25, -0.2) is 0 Å². The molecule has 6 nitrogen and oxygen atoms in total. The zero-order chi connectivity index (χ0) is 11.5. The highest BCUT2D eigenvalue weighted by Crippen LogP contribution is 2.17. The number of nitrogens with zero attached hydrogens (tertiary/aromatic N) is 3. The molecule has 2 N–H and O–H groups in total. The third kappa shape index (κ3) is 2.51. The Morgan fingerprint density at radius 1 is 1.31 bits per heavy atom. The molecule has 1 fully saturated rings. The van der Waals surface area contributed by atoms with Crippen molar-refractivity contribution in [3.63, 3.8) is 0 Å². The fourth-order valence-electron chi connectivity index (χ4n) is 1.61. The topological polar surface area (TPSA) is 72.0 Å². The summed E-state index contributed by atoms with van der Waals surface area (Å²) in [6.45, 7) is 2.78. The van der Waals surface area contributed by atoms with Gasteiger partial charge in [0.25, 0.3) is 0 Å². The maximum absolute atomic E-state index is 5.78. The molecule has 88 valence electrons. The van der Waals surface area contributed by atoms with Crippen molar-refractivity contribution in [1.82, 2.24) is 15.0 Å². The van der Waals surface area contributed by atoms with Gasteiger partial charge in [-0.2, -0.15) is 15.0 Å². The SMILES string of the molecule is CNc1nc(Cl)nc(NC2CCOC2C)n1. The van der Waals surface area contributed by atoms with Crippen molar-refractivity contribution in [2.24, 2.45) is 0 Å². The van der Waals surface area contributed by atoms with Crippen molar-refractivity contribution < 1.29 is 4.74 Å². The van der Waals surface area contributed by atoms with E-state index in [0.717, 1.165) is 13.0 Å². The molecule has 0 bridgehead atoms. The van der Waals surface area contributed by atoms with Gasteiger partial charge in [0.1, 0.15) is 0 Å². The minimum absolute atomic E-state index is 0.161. The molecule has 0 saturated carbocycles. The Hall–Kier alpha value is -1.14. The highest BCUT2D eigenvalue weighted by Gasteiger charge is 2.24. The first-order chi connectivity index (χ1) is 7.69. The summed E-state index contributed by atoms with van der Waals surface area (Å²) in [4.78, 5) is 12.1. The second kappa shape index (κ2) is 4.80. The number of halogens is 1. The van der Waals surface area contributed by atoms with E-state index in [1.54, 1.807) is 7.05 Å². The normalized spacial score (nSPS) is 24.4. The maximum atomic E-state index is 5.78. The Balaban J connectivity index is 2.11. The van der Waals surface area contributed by atoms with Crippen LogP contribution in [0.5, 0.6) is 0 Å². The van der Waals surface area contributed by atoms with Crippen molar-refractivity contribution in [2.45, 2.75) is 25.5 Å². The predicted octanol–water partition coefficient (Wildman–Crippen LogP) is 1.16. The van der Waals surface area contributed by atoms with Crippen LogP contribution in [0.2, 0.25) is 5.28 Å². The minimum atomic E-state index is 0.161. The first-order valence-electron chi connectivity index (χ1n) is 5.16.